The second-order valence-electron chi connectivity index (χ2n) is 8.58. The van der Waals surface area contributed by atoms with Crippen molar-refractivity contribution >= 4 is 18.8 Å². The molecule has 1 aliphatic carbocycles. The fourth-order valence-electron chi connectivity index (χ4n) is 5.24. The van der Waals surface area contributed by atoms with Gasteiger partial charge in [-0.2, -0.15) is 0 Å². The van der Waals surface area contributed by atoms with Crippen LogP contribution in [0.1, 0.15) is 36.8 Å². The van der Waals surface area contributed by atoms with Gasteiger partial charge >= 0.3 is 7.71 Å². The summed E-state index contributed by atoms with van der Waals surface area (Å²) in [5.74, 6) is 1.78. The van der Waals surface area contributed by atoms with Gasteiger partial charge in [-0.1, -0.05) is 43.2 Å². The fourth-order valence-corrected chi connectivity index (χ4v) is 10.3. The first-order valence-corrected chi connectivity index (χ1v) is 14.3. The number of hydrogen-bond acceptors (Lipinski definition) is 4. The van der Waals surface area contributed by atoms with Gasteiger partial charge in [-0.25, -0.2) is 0 Å². The van der Waals surface area contributed by atoms with E-state index in [2.05, 4.69) is 40.0 Å². The number of fused-ring (bicyclic) bond motifs is 1. The van der Waals surface area contributed by atoms with Crippen LogP contribution < -0.4 is 9.47 Å². The third-order valence-electron chi connectivity index (χ3n) is 6.80. The maximum atomic E-state index is 7.66. The van der Waals surface area contributed by atoms with Gasteiger partial charge in [-0.15, -0.1) is 17.7 Å². The molecule has 2 atom stereocenters. The first-order chi connectivity index (χ1) is 15.1. The van der Waals surface area contributed by atoms with Crippen LogP contribution in [0.15, 0.2) is 61.2 Å². The maximum Gasteiger partial charge on any atom is 0.312 e. The Labute approximate surface area is 192 Å². The number of rotatable bonds is 8. The largest absolute Gasteiger partial charge is 0.497 e. The molecule has 1 saturated heterocycles. The Kier molecular flexibility index (Phi) is 7.07. The molecule has 0 bridgehead atoms. The van der Waals surface area contributed by atoms with Gasteiger partial charge in [0.05, 0.1) is 14.2 Å². The lowest BCUT2D eigenvalue weighted by atomic mass is 9.90. The smallest absolute Gasteiger partial charge is 0.312 e. The molecule has 0 spiro atoms. The minimum Gasteiger partial charge on any atom is -0.497 e. The van der Waals surface area contributed by atoms with Gasteiger partial charge in [0.25, 0.3) is 0 Å². The van der Waals surface area contributed by atoms with E-state index < -0.39 is 7.71 Å². The highest BCUT2D eigenvalue weighted by Gasteiger charge is 2.58. The van der Waals surface area contributed by atoms with Crippen LogP contribution in [0.3, 0.4) is 0 Å². The van der Waals surface area contributed by atoms with Crippen molar-refractivity contribution in [2.24, 2.45) is 0 Å². The van der Waals surface area contributed by atoms with Gasteiger partial charge in [0.15, 0.2) is 0 Å². The van der Waals surface area contributed by atoms with E-state index in [1.54, 1.807) is 14.2 Å². The summed E-state index contributed by atoms with van der Waals surface area (Å²) in [5, 5.41) is 0. The molecular formula is C25H33ClN2O2Si. The molecule has 1 heterocycles. The number of benzene rings is 2. The summed E-state index contributed by atoms with van der Waals surface area (Å²) in [5.41, 5.74) is 2.58. The monoisotopic (exact) mass is 456 g/mol. The molecule has 2 aromatic rings. The molecule has 6 heteroatoms. The molecule has 0 unspecified atom stereocenters. The summed E-state index contributed by atoms with van der Waals surface area (Å²) >= 11 is 7.66. The maximum absolute atomic E-state index is 7.66. The highest BCUT2D eigenvalue weighted by atomic mass is 35.6. The second-order valence-corrected chi connectivity index (χ2v) is 13.4. The summed E-state index contributed by atoms with van der Waals surface area (Å²) in [6.07, 6.45) is 7.04. The van der Waals surface area contributed by atoms with Gasteiger partial charge in [0.2, 0.25) is 0 Å². The van der Waals surface area contributed by atoms with E-state index in [-0.39, 0.29) is 0 Å². The predicted molar refractivity (Wildman–Crippen MR) is 130 cm³/mol. The van der Waals surface area contributed by atoms with Crippen LogP contribution >= 0.6 is 11.1 Å². The summed E-state index contributed by atoms with van der Waals surface area (Å²) in [6.45, 7) is 5.84. The SMILES string of the molecule is C=CC[Si]1(Cl)N(Cc2ccc(OC)cc2)[C@@H]2CCCC[C@H]2N1Cc1ccc(OC)cc1. The molecule has 4 rings (SSSR count). The van der Waals surface area contributed by atoms with Gasteiger partial charge in [0.1, 0.15) is 11.5 Å². The van der Waals surface area contributed by atoms with Crippen LogP contribution in [-0.4, -0.2) is 43.1 Å². The molecule has 2 fully saturated rings. The lowest BCUT2D eigenvalue weighted by Gasteiger charge is -2.37. The van der Waals surface area contributed by atoms with Crippen molar-refractivity contribution in [2.45, 2.75) is 56.9 Å². The van der Waals surface area contributed by atoms with Crippen molar-refractivity contribution in [3.8, 4) is 11.5 Å². The lowest BCUT2D eigenvalue weighted by Crippen LogP contribution is -2.55. The summed E-state index contributed by atoms with van der Waals surface area (Å²) < 4.78 is 16.0. The fraction of sp³-hybridized carbons (Fsp3) is 0.440. The number of methoxy groups -OCH3 is 2. The first kappa shape index (κ1) is 22.4. The molecular weight excluding hydrogens is 424 g/mol. The van der Waals surface area contributed by atoms with E-state index in [1.807, 2.05) is 30.3 Å². The van der Waals surface area contributed by atoms with E-state index >= 15 is 0 Å². The normalized spacial score (nSPS) is 23.3. The zero-order valence-electron chi connectivity index (χ0n) is 18.6. The highest BCUT2D eigenvalue weighted by molar-refractivity contribution is 7.17. The number of nitrogens with zero attached hydrogens (tertiary/aromatic N) is 2. The predicted octanol–water partition coefficient (Wildman–Crippen LogP) is 5.70. The topological polar surface area (TPSA) is 24.9 Å². The Balaban J connectivity index is 1.64. The number of halogens is 1. The van der Waals surface area contributed by atoms with E-state index in [0.717, 1.165) is 30.6 Å². The Morgan fingerprint density at radius 2 is 1.29 bits per heavy atom. The number of allylic oxidation sites excluding steroid dienone is 1. The highest BCUT2D eigenvalue weighted by Crippen LogP contribution is 2.45. The third-order valence-corrected chi connectivity index (χ3v) is 12.1. The van der Waals surface area contributed by atoms with Crippen molar-refractivity contribution in [2.75, 3.05) is 14.2 Å². The van der Waals surface area contributed by atoms with Crippen LogP contribution in [0.25, 0.3) is 0 Å². The molecule has 0 amide bonds. The second kappa shape index (κ2) is 9.78. The van der Waals surface area contributed by atoms with Crippen molar-refractivity contribution in [3.05, 3.63) is 72.3 Å². The standard InChI is InChI=1S/C25H33ClN2O2Si/c1-4-17-31(26)27(18-20-9-13-22(29-2)14-10-20)24-7-5-6-8-25(24)28(31)19-21-11-15-23(30-3)16-12-21/h4,9-16,24-25H,1,5-8,17-19H2,2-3H3/t24-,25-/m1/s1. The molecule has 31 heavy (non-hydrogen) atoms. The van der Waals surface area contributed by atoms with Gasteiger partial charge in [-0.3, -0.25) is 9.13 Å². The van der Waals surface area contributed by atoms with Crippen molar-refractivity contribution in [1.82, 2.24) is 9.13 Å². The number of hydrogen-bond donors (Lipinski definition) is 0. The van der Waals surface area contributed by atoms with Crippen LogP contribution in [-0.2, 0) is 13.1 Å². The van der Waals surface area contributed by atoms with Crippen molar-refractivity contribution in [3.63, 3.8) is 0 Å². The molecule has 0 aromatic heterocycles. The van der Waals surface area contributed by atoms with Crippen LogP contribution in [0.2, 0.25) is 6.04 Å². The van der Waals surface area contributed by atoms with Crippen LogP contribution in [0, 0.1) is 0 Å². The molecule has 166 valence electrons. The minimum atomic E-state index is -2.42. The molecule has 2 aliphatic rings. The van der Waals surface area contributed by atoms with E-state index in [9.17, 15) is 0 Å². The van der Waals surface area contributed by atoms with Crippen LogP contribution in [0.5, 0.6) is 11.5 Å². The first-order valence-electron chi connectivity index (χ1n) is 11.2. The summed E-state index contributed by atoms with van der Waals surface area (Å²) in [4.78, 5) is 0. The van der Waals surface area contributed by atoms with Crippen molar-refractivity contribution in [1.29, 1.82) is 0 Å². The van der Waals surface area contributed by atoms with E-state index in [1.165, 1.54) is 36.8 Å². The average molecular weight is 457 g/mol. The molecule has 4 nitrogen and oxygen atoms in total. The Hall–Kier alpha value is -1.79. The zero-order chi connectivity index (χ0) is 21.8. The van der Waals surface area contributed by atoms with E-state index in [4.69, 9.17) is 20.6 Å². The molecule has 1 aliphatic heterocycles. The molecule has 0 N–H and O–H groups in total. The quantitative estimate of drug-likeness (QED) is 0.289. The van der Waals surface area contributed by atoms with E-state index in [0.29, 0.717) is 12.1 Å². The minimum absolute atomic E-state index is 0.512. The summed E-state index contributed by atoms with van der Waals surface area (Å²) in [6, 6.07) is 18.7. The van der Waals surface area contributed by atoms with Gasteiger partial charge < -0.3 is 9.47 Å². The van der Waals surface area contributed by atoms with Gasteiger partial charge in [0, 0.05) is 31.2 Å². The van der Waals surface area contributed by atoms with Crippen molar-refractivity contribution < 1.29 is 9.47 Å². The Morgan fingerprint density at radius 3 is 1.65 bits per heavy atom. The lowest BCUT2D eigenvalue weighted by molar-refractivity contribution is 0.197. The Morgan fingerprint density at radius 1 is 0.871 bits per heavy atom. The van der Waals surface area contributed by atoms with Gasteiger partial charge in [-0.05, 0) is 48.2 Å². The third kappa shape index (κ3) is 4.56. The summed E-state index contributed by atoms with van der Waals surface area (Å²) in [7, 11) is 0.992. The number of ether oxygens (including phenoxy) is 2. The molecule has 1 saturated carbocycles. The molecule has 2 aromatic carbocycles. The Bertz CT molecular complexity index is 809. The molecule has 0 radical (unpaired) electrons. The van der Waals surface area contributed by atoms with Crippen LogP contribution in [0.4, 0.5) is 0 Å². The average Bonchev–Trinajstić information content (AvgIpc) is 3.03. The zero-order valence-corrected chi connectivity index (χ0v) is 20.4.